The predicted molar refractivity (Wildman–Crippen MR) is 130 cm³/mol. The van der Waals surface area contributed by atoms with Gasteiger partial charge in [0.05, 0.1) is 28.2 Å². The van der Waals surface area contributed by atoms with E-state index in [1.165, 1.54) is 30.5 Å². The van der Waals surface area contributed by atoms with Crippen LogP contribution in [0.5, 0.6) is 0 Å². The molecule has 1 aliphatic carbocycles. The number of nitrogens with one attached hydrogen (secondary N) is 2. The van der Waals surface area contributed by atoms with Crippen LogP contribution < -0.4 is 10.0 Å². The van der Waals surface area contributed by atoms with Crippen molar-refractivity contribution in [3.63, 3.8) is 0 Å². The van der Waals surface area contributed by atoms with Crippen molar-refractivity contribution in [2.24, 2.45) is 11.8 Å². The number of amides is 1. The Labute approximate surface area is 210 Å². The van der Waals surface area contributed by atoms with E-state index in [0.717, 1.165) is 31.3 Å². The van der Waals surface area contributed by atoms with E-state index < -0.39 is 34.4 Å². The van der Waals surface area contributed by atoms with E-state index in [4.69, 9.17) is 27.9 Å². The molecule has 8 nitrogen and oxygen atoms in total. The number of allylic oxidation sites excluding steroid dienone is 1. The average molecular weight is 533 g/mol. The zero-order chi connectivity index (χ0) is 24.9. The third-order valence-electron chi connectivity index (χ3n) is 6.11. The molecule has 188 valence electrons. The highest BCUT2D eigenvalue weighted by Crippen LogP contribution is 2.30. The summed E-state index contributed by atoms with van der Waals surface area (Å²) in [6.45, 7) is 2.02. The fraction of sp³-hybridized carbons (Fsp3) is 0.522. The molecule has 0 spiro atoms. The van der Waals surface area contributed by atoms with E-state index in [1.54, 1.807) is 6.08 Å². The van der Waals surface area contributed by atoms with Gasteiger partial charge in [-0.2, -0.15) is 0 Å². The van der Waals surface area contributed by atoms with E-state index in [0.29, 0.717) is 5.92 Å². The zero-order valence-corrected chi connectivity index (χ0v) is 21.1. The second-order valence-electron chi connectivity index (χ2n) is 8.79. The Bertz CT molecular complexity index is 1020. The molecular formula is C23H30Cl2N2O6S. The van der Waals surface area contributed by atoms with Crippen LogP contribution in [0.1, 0.15) is 39.0 Å². The van der Waals surface area contributed by atoms with Crippen molar-refractivity contribution < 1.29 is 28.2 Å². The van der Waals surface area contributed by atoms with Crippen LogP contribution in [0.3, 0.4) is 0 Å². The highest BCUT2D eigenvalue weighted by molar-refractivity contribution is 7.89. The Morgan fingerprint density at radius 1 is 1.24 bits per heavy atom. The molecule has 1 heterocycles. The molecule has 4 atom stereocenters. The predicted octanol–water partition coefficient (Wildman–Crippen LogP) is 3.12. The topological polar surface area (TPSA) is 125 Å². The molecule has 1 saturated carbocycles. The Kier molecular flexibility index (Phi) is 9.57. The Balaban J connectivity index is 1.50. The first kappa shape index (κ1) is 27.1. The highest BCUT2D eigenvalue weighted by Gasteiger charge is 2.36. The summed E-state index contributed by atoms with van der Waals surface area (Å²) >= 11 is 11.9. The largest absolute Gasteiger partial charge is 0.392 e. The molecule has 1 aromatic carbocycles. The number of carbonyl (C=O) groups excluding carboxylic acids is 1. The van der Waals surface area contributed by atoms with Crippen LogP contribution in [0.25, 0.3) is 0 Å². The zero-order valence-electron chi connectivity index (χ0n) is 18.8. The summed E-state index contributed by atoms with van der Waals surface area (Å²) in [6, 6.07) is 4.26. The smallest absolute Gasteiger partial charge is 0.247 e. The lowest BCUT2D eigenvalue weighted by Crippen LogP contribution is -2.47. The fourth-order valence-corrected chi connectivity index (χ4v) is 5.86. The summed E-state index contributed by atoms with van der Waals surface area (Å²) in [7, 11) is -3.98. The number of sulfonamides is 1. The number of carbonyl (C=O) groups is 1. The van der Waals surface area contributed by atoms with Gasteiger partial charge >= 0.3 is 0 Å². The molecule has 1 aromatic rings. The van der Waals surface area contributed by atoms with Crippen LogP contribution >= 0.6 is 23.2 Å². The van der Waals surface area contributed by atoms with E-state index in [9.17, 15) is 23.4 Å². The van der Waals surface area contributed by atoms with Crippen LogP contribution in [0.2, 0.25) is 10.0 Å². The first-order valence-corrected chi connectivity index (χ1v) is 13.4. The standard InChI is InChI=1S/C23H30Cl2N2O6S/c1-14-5-7-15(8-6-14)11-21(29)26-10-9-17-19(28)12-16(33-23(17)30)13-27-34(31,32)20-4-2-3-18(24)22(20)25/h2-4,9-11,14,16-17,19,23,27-28,30H,5-8,12-13H2,1H3,(H,26,29). The number of hydrogen-bond acceptors (Lipinski definition) is 6. The lowest BCUT2D eigenvalue weighted by molar-refractivity contribution is -0.210. The van der Waals surface area contributed by atoms with E-state index in [1.807, 2.05) is 0 Å². The van der Waals surface area contributed by atoms with Crippen molar-refractivity contribution in [2.75, 3.05) is 6.54 Å². The van der Waals surface area contributed by atoms with Gasteiger partial charge < -0.3 is 20.3 Å². The first-order valence-electron chi connectivity index (χ1n) is 11.2. The number of benzene rings is 1. The maximum Gasteiger partial charge on any atom is 0.247 e. The van der Waals surface area contributed by atoms with Gasteiger partial charge in [0.1, 0.15) is 4.90 Å². The van der Waals surface area contributed by atoms with Crippen LogP contribution in [0, 0.1) is 11.8 Å². The van der Waals surface area contributed by atoms with Gasteiger partial charge in [-0.1, -0.05) is 47.8 Å². The molecule has 4 unspecified atom stereocenters. The average Bonchev–Trinajstić information content (AvgIpc) is 2.77. The molecular weight excluding hydrogens is 503 g/mol. The number of rotatable bonds is 7. The third kappa shape index (κ3) is 7.27. The van der Waals surface area contributed by atoms with Gasteiger partial charge in [-0.3, -0.25) is 4.79 Å². The SMILES string of the molecule is CC1CCC(=CC(=O)NC=CC2C(O)CC(CNS(=O)(=O)c3cccc(Cl)c3Cl)OC2O)CC1. The molecule has 0 bridgehead atoms. The maximum atomic E-state index is 12.5. The van der Waals surface area contributed by atoms with Crippen molar-refractivity contribution in [1.82, 2.24) is 10.0 Å². The van der Waals surface area contributed by atoms with Crippen LogP contribution in [0.15, 0.2) is 47.0 Å². The van der Waals surface area contributed by atoms with Gasteiger partial charge in [0.2, 0.25) is 15.9 Å². The molecule has 1 amide bonds. The van der Waals surface area contributed by atoms with Gasteiger partial charge in [-0.15, -0.1) is 0 Å². The Hall–Kier alpha value is -1.46. The molecule has 1 saturated heterocycles. The van der Waals surface area contributed by atoms with Crippen molar-refractivity contribution in [3.05, 3.63) is 52.2 Å². The van der Waals surface area contributed by atoms with E-state index >= 15 is 0 Å². The number of halogens is 2. The lowest BCUT2D eigenvalue weighted by Gasteiger charge is -2.35. The summed E-state index contributed by atoms with van der Waals surface area (Å²) in [4.78, 5) is 11.9. The van der Waals surface area contributed by atoms with Crippen LogP contribution in [-0.2, 0) is 19.6 Å². The van der Waals surface area contributed by atoms with Crippen LogP contribution in [-0.4, -0.2) is 49.6 Å². The summed E-state index contributed by atoms with van der Waals surface area (Å²) in [5.41, 5.74) is 1.12. The first-order chi connectivity index (χ1) is 16.1. The molecule has 1 aliphatic heterocycles. The number of hydrogen-bond donors (Lipinski definition) is 4. The van der Waals surface area contributed by atoms with Gasteiger partial charge in [-0.05, 0) is 43.7 Å². The molecule has 4 N–H and O–H groups in total. The van der Waals surface area contributed by atoms with Crippen molar-refractivity contribution in [2.45, 2.75) is 62.4 Å². The maximum absolute atomic E-state index is 12.5. The van der Waals surface area contributed by atoms with Crippen molar-refractivity contribution in [3.8, 4) is 0 Å². The minimum Gasteiger partial charge on any atom is -0.392 e. The Morgan fingerprint density at radius 2 is 1.94 bits per heavy atom. The van der Waals surface area contributed by atoms with Crippen LogP contribution in [0.4, 0.5) is 0 Å². The number of aliphatic hydroxyl groups excluding tert-OH is 2. The summed E-state index contributed by atoms with van der Waals surface area (Å²) in [6.07, 6.45) is 5.39. The number of ether oxygens (including phenoxy) is 1. The molecule has 11 heteroatoms. The minimum absolute atomic E-state index is 0.0774. The van der Waals surface area contributed by atoms with Gasteiger partial charge in [0, 0.05) is 25.2 Å². The normalized spacial score (nSPS) is 28.1. The summed E-state index contributed by atoms with van der Waals surface area (Å²) in [5, 5.41) is 23.4. The minimum atomic E-state index is -3.98. The monoisotopic (exact) mass is 532 g/mol. The third-order valence-corrected chi connectivity index (χ3v) is 8.51. The molecule has 0 radical (unpaired) electrons. The highest BCUT2D eigenvalue weighted by atomic mass is 35.5. The van der Waals surface area contributed by atoms with Gasteiger partial charge in [0.15, 0.2) is 6.29 Å². The quantitative estimate of drug-likeness (QED) is 0.400. The summed E-state index contributed by atoms with van der Waals surface area (Å²) < 4.78 is 32.9. The van der Waals surface area contributed by atoms with Crippen molar-refractivity contribution in [1.29, 1.82) is 0 Å². The molecule has 2 aliphatic rings. The fourth-order valence-electron chi connectivity index (χ4n) is 4.03. The Morgan fingerprint density at radius 3 is 2.62 bits per heavy atom. The second-order valence-corrected chi connectivity index (χ2v) is 11.3. The molecule has 0 aromatic heterocycles. The van der Waals surface area contributed by atoms with E-state index in [2.05, 4.69) is 17.0 Å². The lowest BCUT2D eigenvalue weighted by atomic mass is 9.87. The van der Waals surface area contributed by atoms with Gasteiger partial charge in [0.25, 0.3) is 0 Å². The molecule has 34 heavy (non-hydrogen) atoms. The summed E-state index contributed by atoms with van der Waals surface area (Å²) in [5.74, 6) is -0.352. The second kappa shape index (κ2) is 12.0. The molecule has 3 rings (SSSR count). The molecule has 2 fully saturated rings. The van der Waals surface area contributed by atoms with E-state index in [-0.39, 0.29) is 33.8 Å². The number of aliphatic hydroxyl groups is 2. The van der Waals surface area contributed by atoms with Gasteiger partial charge in [-0.25, -0.2) is 13.1 Å². The van der Waals surface area contributed by atoms with Crippen molar-refractivity contribution >= 4 is 39.1 Å².